The minimum absolute atomic E-state index is 0.200. The summed E-state index contributed by atoms with van der Waals surface area (Å²) in [5, 5.41) is 16.4. The van der Waals surface area contributed by atoms with E-state index in [0.717, 1.165) is 5.01 Å². The average Bonchev–Trinajstić information content (AvgIpc) is 3.21. The number of benzene rings is 1. The van der Waals surface area contributed by atoms with Gasteiger partial charge in [0.2, 0.25) is 10.1 Å². The lowest BCUT2D eigenvalue weighted by Crippen LogP contribution is -2.15. The highest BCUT2D eigenvalue weighted by molar-refractivity contribution is 8.00. The lowest BCUT2D eigenvalue weighted by Gasteiger charge is -2.01. The summed E-state index contributed by atoms with van der Waals surface area (Å²) < 4.78 is 15.7. The van der Waals surface area contributed by atoms with Gasteiger partial charge in [-0.25, -0.2) is 9.37 Å². The number of hydrogen-bond acceptors (Lipinski definition) is 9. The highest BCUT2D eigenvalue weighted by atomic mass is 32.2. The van der Waals surface area contributed by atoms with Crippen molar-refractivity contribution in [3.8, 4) is 0 Å². The number of nitrogens with zero attached hydrogens (tertiary/aromatic N) is 5. The van der Waals surface area contributed by atoms with Crippen molar-refractivity contribution in [2.45, 2.75) is 17.0 Å². The van der Waals surface area contributed by atoms with Crippen LogP contribution in [-0.4, -0.2) is 24.8 Å². The van der Waals surface area contributed by atoms with Crippen LogP contribution in [0.3, 0.4) is 0 Å². The second-order valence-corrected chi connectivity index (χ2v) is 8.53. The van der Waals surface area contributed by atoms with Gasteiger partial charge in [-0.2, -0.15) is 9.61 Å². The van der Waals surface area contributed by atoms with Crippen molar-refractivity contribution >= 4 is 50.2 Å². The molecule has 0 aliphatic rings. The largest absolute Gasteiger partial charge is 0.328 e. The minimum atomic E-state index is -0.352. The first kappa shape index (κ1) is 17.1. The van der Waals surface area contributed by atoms with Gasteiger partial charge >= 0.3 is 0 Å². The van der Waals surface area contributed by atoms with Crippen LogP contribution in [0, 0.1) is 12.7 Å². The molecule has 0 fully saturated rings. The molecule has 0 bridgehead atoms. The highest BCUT2D eigenvalue weighted by Gasteiger charge is 2.10. The summed E-state index contributed by atoms with van der Waals surface area (Å²) in [7, 11) is 0. The Hall–Kier alpha value is -2.37. The van der Waals surface area contributed by atoms with Crippen LogP contribution in [0.1, 0.15) is 10.7 Å². The maximum Gasteiger partial charge on any atom is 0.275 e. The second kappa shape index (κ2) is 7.09. The molecule has 11 heteroatoms. The Morgan fingerprint density at radius 3 is 2.96 bits per heavy atom. The number of para-hydroxylation sites is 1. The number of thioether (sulfide) groups is 1. The number of fused-ring (bicyclic) bond motifs is 1. The summed E-state index contributed by atoms with van der Waals surface area (Å²) in [6.07, 6.45) is 0. The fourth-order valence-corrected chi connectivity index (χ4v) is 4.58. The van der Waals surface area contributed by atoms with E-state index in [4.69, 9.17) is 0 Å². The Balaban J connectivity index is 1.46. The number of nitrogens with one attached hydrogen (secondary N) is 1. The van der Waals surface area contributed by atoms with Crippen molar-refractivity contribution in [2.24, 2.45) is 0 Å². The highest BCUT2D eigenvalue weighted by Crippen LogP contribution is 2.30. The van der Waals surface area contributed by atoms with Crippen molar-refractivity contribution < 1.29 is 4.39 Å². The molecule has 0 saturated carbocycles. The van der Waals surface area contributed by atoms with Gasteiger partial charge in [0.1, 0.15) is 10.8 Å². The number of aromatic nitrogens is 5. The van der Waals surface area contributed by atoms with Crippen molar-refractivity contribution in [1.29, 1.82) is 0 Å². The van der Waals surface area contributed by atoms with Crippen molar-refractivity contribution in [3.63, 3.8) is 0 Å². The quantitative estimate of drug-likeness (QED) is 0.508. The molecule has 0 unspecified atom stereocenters. The first-order chi connectivity index (χ1) is 12.6. The van der Waals surface area contributed by atoms with Crippen LogP contribution < -0.4 is 10.9 Å². The Bertz CT molecular complexity index is 1140. The van der Waals surface area contributed by atoms with E-state index in [0.29, 0.717) is 31.6 Å². The Morgan fingerprint density at radius 1 is 1.27 bits per heavy atom. The van der Waals surface area contributed by atoms with Crippen LogP contribution in [0.15, 0.2) is 39.5 Å². The zero-order valence-corrected chi connectivity index (χ0v) is 15.8. The summed E-state index contributed by atoms with van der Waals surface area (Å²) in [6.45, 7) is 1.83. The molecule has 3 heterocycles. The number of aryl methyl sites for hydroxylation is 1. The van der Waals surface area contributed by atoms with Crippen LogP contribution in [0.2, 0.25) is 0 Å². The van der Waals surface area contributed by atoms with E-state index in [9.17, 15) is 9.18 Å². The first-order valence-corrected chi connectivity index (χ1v) is 10.0. The molecule has 3 aromatic heterocycles. The van der Waals surface area contributed by atoms with Crippen LogP contribution in [0.4, 0.5) is 15.2 Å². The van der Waals surface area contributed by atoms with E-state index in [1.807, 2.05) is 6.92 Å². The number of anilines is 2. The van der Waals surface area contributed by atoms with E-state index in [1.165, 1.54) is 51.1 Å². The topological polar surface area (TPSA) is 85.1 Å². The van der Waals surface area contributed by atoms with Gasteiger partial charge in [0.25, 0.3) is 5.56 Å². The smallest absolute Gasteiger partial charge is 0.275 e. The fourth-order valence-electron chi connectivity index (χ4n) is 2.16. The monoisotopic (exact) mass is 406 g/mol. The van der Waals surface area contributed by atoms with Crippen molar-refractivity contribution in [3.05, 3.63) is 57.2 Å². The van der Waals surface area contributed by atoms with E-state index < -0.39 is 0 Å². The maximum atomic E-state index is 13.7. The molecule has 4 aromatic rings. The zero-order valence-electron chi connectivity index (χ0n) is 13.3. The number of hydrogen-bond donors (Lipinski definition) is 1. The predicted molar refractivity (Wildman–Crippen MR) is 101 cm³/mol. The van der Waals surface area contributed by atoms with Gasteiger partial charge in [0.05, 0.1) is 11.4 Å². The standard InChI is InChI=1S/C15H11FN6OS3/c1-8-21-22-12(23)6-9(17-14(22)25-8)7-24-15-20-19-13(26-15)18-11-5-3-2-4-10(11)16/h2-6H,7H2,1H3,(H,18,19). The van der Waals surface area contributed by atoms with Crippen molar-refractivity contribution in [1.82, 2.24) is 24.8 Å². The Labute approximate surface area is 159 Å². The maximum absolute atomic E-state index is 13.7. The minimum Gasteiger partial charge on any atom is -0.328 e. The summed E-state index contributed by atoms with van der Waals surface area (Å²) in [6, 6.07) is 7.84. The second-order valence-electron chi connectivity index (χ2n) is 5.17. The molecule has 0 saturated heterocycles. The van der Waals surface area contributed by atoms with Gasteiger partial charge in [-0.1, -0.05) is 46.6 Å². The third kappa shape index (κ3) is 3.59. The normalized spacial score (nSPS) is 11.2. The molecule has 1 N–H and O–H groups in total. The van der Waals surface area contributed by atoms with Gasteiger partial charge in [0, 0.05) is 11.8 Å². The van der Waals surface area contributed by atoms with E-state index >= 15 is 0 Å². The van der Waals surface area contributed by atoms with E-state index in [-0.39, 0.29) is 11.4 Å². The molecule has 0 radical (unpaired) electrons. The zero-order chi connectivity index (χ0) is 18.1. The SMILES string of the molecule is Cc1nn2c(=O)cc(CSc3nnc(Nc4ccccc4F)s3)nc2s1. The van der Waals surface area contributed by atoms with E-state index in [2.05, 4.69) is 25.6 Å². The molecule has 0 spiro atoms. The molecule has 0 aliphatic carbocycles. The third-order valence-electron chi connectivity index (χ3n) is 3.26. The predicted octanol–water partition coefficient (Wildman–Crippen LogP) is 3.49. The first-order valence-electron chi connectivity index (χ1n) is 7.43. The Kier molecular flexibility index (Phi) is 4.66. The lowest BCUT2D eigenvalue weighted by molar-refractivity contribution is 0.632. The molecule has 0 amide bonds. The Morgan fingerprint density at radius 2 is 2.12 bits per heavy atom. The molecule has 0 aliphatic heterocycles. The summed E-state index contributed by atoms with van der Waals surface area (Å²) >= 11 is 4.10. The molecule has 7 nitrogen and oxygen atoms in total. The number of halogens is 1. The van der Waals surface area contributed by atoms with Gasteiger partial charge in [-0.05, 0) is 19.1 Å². The fraction of sp³-hybridized carbons (Fsp3) is 0.133. The summed E-state index contributed by atoms with van der Waals surface area (Å²) in [4.78, 5) is 17.1. The van der Waals surface area contributed by atoms with Crippen LogP contribution in [0.5, 0.6) is 0 Å². The van der Waals surface area contributed by atoms with Crippen LogP contribution >= 0.6 is 34.4 Å². The molecule has 0 atom stereocenters. The molecule has 26 heavy (non-hydrogen) atoms. The third-order valence-corrected chi connectivity index (χ3v) is 6.09. The lowest BCUT2D eigenvalue weighted by atomic mass is 10.3. The van der Waals surface area contributed by atoms with Gasteiger partial charge in [-0.15, -0.1) is 10.2 Å². The summed E-state index contributed by atoms with van der Waals surface area (Å²) in [5.41, 5.74) is 0.803. The molecule has 132 valence electrons. The molecular weight excluding hydrogens is 395 g/mol. The molecular formula is C15H11FN6OS3. The van der Waals surface area contributed by atoms with E-state index in [1.54, 1.807) is 18.2 Å². The van der Waals surface area contributed by atoms with Crippen LogP contribution in [0.25, 0.3) is 4.96 Å². The number of rotatable bonds is 5. The van der Waals surface area contributed by atoms with Crippen molar-refractivity contribution in [2.75, 3.05) is 5.32 Å². The van der Waals surface area contributed by atoms with Gasteiger partial charge in [-0.3, -0.25) is 4.79 Å². The molecule has 1 aromatic carbocycles. The van der Waals surface area contributed by atoms with Gasteiger partial charge in [0.15, 0.2) is 4.34 Å². The summed E-state index contributed by atoms with van der Waals surface area (Å²) in [5.74, 6) is 0.131. The molecule has 4 rings (SSSR count). The van der Waals surface area contributed by atoms with Crippen LogP contribution in [-0.2, 0) is 5.75 Å². The average molecular weight is 406 g/mol. The van der Waals surface area contributed by atoms with Gasteiger partial charge < -0.3 is 5.32 Å².